The van der Waals surface area contributed by atoms with E-state index in [9.17, 15) is 18.8 Å². The second-order valence-corrected chi connectivity index (χ2v) is 10.9. The Balaban J connectivity index is 1.32. The number of hydrogen-bond donors (Lipinski definition) is 0. The van der Waals surface area contributed by atoms with E-state index in [-0.39, 0.29) is 36.0 Å². The number of halogens is 1. The van der Waals surface area contributed by atoms with Gasteiger partial charge in [0.05, 0.1) is 6.54 Å². The molecule has 3 amide bonds. The minimum atomic E-state index is -0.286. The topological polar surface area (TPSA) is 73.4 Å². The Morgan fingerprint density at radius 1 is 1.00 bits per heavy atom. The summed E-state index contributed by atoms with van der Waals surface area (Å²) in [5.74, 6) is 0.821. The summed E-state index contributed by atoms with van der Waals surface area (Å²) in [6, 6.07) is 14.2. The highest BCUT2D eigenvalue weighted by molar-refractivity contribution is 5.79. The average molecular weight is 549 g/mol. The summed E-state index contributed by atoms with van der Waals surface area (Å²) < 4.78 is 19.7. The molecule has 2 bridgehead atoms. The summed E-state index contributed by atoms with van der Waals surface area (Å²) in [5.41, 5.74) is 1.92. The van der Waals surface area contributed by atoms with Crippen molar-refractivity contribution >= 4 is 18.2 Å². The maximum atomic E-state index is 13.6. The number of carbonyl (C=O) groups is 3. The summed E-state index contributed by atoms with van der Waals surface area (Å²) >= 11 is 0. The van der Waals surface area contributed by atoms with Crippen LogP contribution in [0.15, 0.2) is 60.7 Å². The second-order valence-electron chi connectivity index (χ2n) is 10.9. The maximum Gasteiger partial charge on any atom is 0.236 e. The summed E-state index contributed by atoms with van der Waals surface area (Å²) in [4.78, 5) is 45.3. The van der Waals surface area contributed by atoms with E-state index >= 15 is 0 Å². The van der Waals surface area contributed by atoms with E-state index in [1.807, 2.05) is 40.1 Å². The van der Waals surface area contributed by atoms with E-state index in [1.165, 1.54) is 12.1 Å². The molecule has 5 rings (SSSR count). The standard InChI is InChI=1S/C31H37FN4O4/c32-28-9-7-24(8-10-28)19-34-20-27-4-1-2-6-29(27)40-17-3-5-26-21-36(31(39)22-34)12-11-25(26)18-30(38)35-15-13-33(23-37)14-16-35/h1-10,23,25-26H,11-22H2/b5-3-/t25-,26-/m0/s1. The van der Waals surface area contributed by atoms with Crippen molar-refractivity contribution in [3.63, 3.8) is 0 Å². The second kappa shape index (κ2) is 13.1. The van der Waals surface area contributed by atoms with Gasteiger partial charge in [0.1, 0.15) is 18.2 Å². The molecule has 0 aliphatic carbocycles. The van der Waals surface area contributed by atoms with E-state index in [1.54, 1.807) is 17.0 Å². The number of fused-ring (bicyclic) bond motifs is 3. The smallest absolute Gasteiger partial charge is 0.236 e. The third kappa shape index (κ3) is 7.07. The van der Waals surface area contributed by atoms with E-state index in [4.69, 9.17) is 4.74 Å². The minimum Gasteiger partial charge on any atom is -0.489 e. The number of rotatable bonds is 5. The summed E-state index contributed by atoms with van der Waals surface area (Å²) in [5, 5.41) is 0. The molecule has 0 N–H and O–H groups in total. The van der Waals surface area contributed by atoms with Crippen LogP contribution < -0.4 is 4.74 Å². The Labute approximate surface area is 235 Å². The molecule has 0 radical (unpaired) electrons. The lowest BCUT2D eigenvalue weighted by Crippen LogP contribution is -2.50. The molecule has 0 saturated carbocycles. The first-order valence-corrected chi connectivity index (χ1v) is 14.1. The number of carbonyl (C=O) groups excluding carboxylic acids is 3. The van der Waals surface area contributed by atoms with Crippen LogP contribution in [0.2, 0.25) is 0 Å². The van der Waals surface area contributed by atoms with Gasteiger partial charge in [-0.3, -0.25) is 19.3 Å². The number of benzene rings is 2. The van der Waals surface area contributed by atoms with Crippen molar-refractivity contribution in [3.8, 4) is 5.75 Å². The SMILES string of the molecule is O=CN1CCN(C(=O)C[C@@H]2CCN3C[C@@H]2/C=C\COc2ccccc2CN(Cc2ccc(F)cc2)CC3=O)CC1. The Bertz CT molecular complexity index is 1210. The molecule has 2 atom stereocenters. The quantitative estimate of drug-likeness (QED) is 0.425. The zero-order chi connectivity index (χ0) is 27.9. The minimum absolute atomic E-state index is 0.0445. The molecule has 3 aliphatic heterocycles. The highest BCUT2D eigenvalue weighted by Gasteiger charge is 2.33. The van der Waals surface area contributed by atoms with Crippen molar-refractivity contribution < 1.29 is 23.5 Å². The van der Waals surface area contributed by atoms with Crippen LogP contribution in [0.4, 0.5) is 4.39 Å². The van der Waals surface area contributed by atoms with E-state index in [0.29, 0.717) is 65.4 Å². The van der Waals surface area contributed by atoms with Crippen molar-refractivity contribution in [2.24, 2.45) is 11.8 Å². The highest BCUT2D eigenvalue weighted by atomic mass is 19.1. The molecule has 8 nitrogen and oxygen atoms in total. The number of para-hydroxylation sites is 1. The molecule has 0 unspecified atom stereocenters. The molecule has 212 valence electrons. The zero-order valence-corrected chi connectivity index (χ0v) is 22.8. The van der Waals surface area contributed by atoms with E-state index < -0.39 is 0 Å². The van der Waals surface area contributed by atoms with Gasteiger partial charge in [0.15, 0.2) is 0 Å². The van der Waals surface area contributed by atoms with Crippen LogP contribution in [0.1, 0.15) is 24.0 Å². The molecule has 2 fully saturated rings. The van der Waals surface area contributed by atoms with Crippen LogP contribution in [0.3, 0.4) is 0 Å². The van der Waals surface area contributed by atoms with Crippen LogP contribution >= 0.6 is 0 Å². The third-order valence-corrected chi connectivity index (χ3v) is 8.18. The van der Waals surface area contributed by atoms with Crippen molar-refractivity contribution in [2.75, 3.05) is 52.4 Å². The lowest BCUT2D eigenvalue weighted by atomic mass is 9.82. The van der Waals surface area contributed by atoms with Crippen molar-refractivity contribution in [1.29, 1.82) is 0 Å². The summed E-state index contributed by atoms with van der Waals surface area (Å²) in [6.07, 6.45) is 6.13. The van der Waals surface area contributed by atoms with Gasteiger partial charge in [0, 0.05) is 64.3 Å². The fraction of sp³-hybridized carbons (Fsp3) is 0.452. The number of hydrogen-bond acceptors (Lipinski definition) is 5. The molecule has 40 heavy (non-hydrogen) atoms. The van der Waals surface area contributed by atoms with E-state index in [0.717, 1.165) is 29.7 Å². The third-order valence-electron chi connectivity index (χ3n) is 8.18. The molecule has 2 aromatic rings. The number of nitrogens with zero attached hydrogens (tertiary/aromatic N) is 4. The van der Waals surface area contributed by atoms with Crippen molar-refractivity contribution in [2.45, 2.75) is 25.9 Å². The van der Waals surface area contributed by atoms with Gasteiger partial charge in [-0.25, -0.2) is 4.39 Å². The van der Waals surface area contributed by atoms with Crippen LogP contribution in [-0.4, -0.2) is 90.2 Å². The van der Waals surface area contributed by atoms with Gasteiger partial charge in [-0.1, -0.05) is 42.5 Å². The summed E-state index contributed by atoms with van der Waals surface area (Å²) in [7, 11) is 0. The van der Waals surface area contributed by atoms with Gasteiger partial charge in [-0.2, -0.15) is 0 Å². The molecular weight excluding hydrogens is 511 g/mol. The molecule has 2 aromatic carbocycles. The number of piperazine rings is 1. The number of ether oxygens (including phenoxy) is 1. The predicted octanol–water partition coefficient (Wildman–Crippen LogP) is 2.93. The first-order chi connectivity index (χ1) is 19.5. The van der Waals surface area contributed by atoms with Gasteiger partial charge in [0.2, 0.25) is 18.2 Å². The molecule has 9 heteroatoms. The van der Waals surface area contributed by atoms with Gasteiger partial charge in [-0.05, 0) is 42.0 Å². The van der Waals surface area contributed by atoms with Gasteiger partial charge in [-0.15, -0.1) is 0 Å². The largest absolute Gasteiger partial charge is 0.489 e. The average Bonchev–Trinajstić information content (AvgIpc) is 2.98. The molecular formula is C31H37FN4O4. The molecule has 3 aliphatic rings. The predicted molar refractivity (Wildman–Crippen MR) is 149 cm³/mol. The molecule has 0 spiro atoms. The lowest BCUT2D eigenvalue weighted by molar-refractivity contribution is -0.138. The Morgan fingerprint density at radius 2 is 1.77 bits per heavy atom. The van der Waals surface area contributed by atoms with Gasteiger partial charge >= 0.3 is 0 Å². The van der Waals surface area contributed by atoms with Crippen LogP contribution in [-0.2, 0) is 27.5 Å². The maximum absolute atomic E-state index is 13.6. The first kappa shape index (κ1) is 27.8. The Kier molecular flexibility index (Phi) is 9.11. The lowest BCUT2D eigenvalue weighted by Gasteiger charge is -2.39. The zero-order valence-electron chi connectivity index (χ0n) is 22.8. The van der Waals surface area contributed by atoms with Crippen LogP contribution in [0.25, 0.3) is 0 Å². The first-order valence-electron chi connectivity index (χ1n) is 14.1. The molecule has 2 saturated heterocycles. The van der Waals surface area contributed by atoms with Crippen molar-refractivity contribution in [1.82, 2.24) is 19.6 Å². The fourth-order valence-corrected chi connectivity index (χ4v) is 5.85. The van der Waals surface area contributed by atoms with Crippen LogP contribution in [0.5, 0.6) is 5.75 Å². The van der Waals surface area contributed by atoms with Gasteiger partial charge < -0.3 is 19.4 Å². The monoisotopic (exact) mass is 548 g/mol. The Hall–Kier alpha value is -3.72. The van der Waals surface area contributed by atoms with Crippen LogP contribution in [0, 0.1) is 17.7 Å². The normalized spacial score (nSPS) is 23.2. The highest BCUT2D eigenvalue weighted by Crippen LogP contribution is 2.30. The van der Waals surface area contributed by atoms with E-state index in [2.05, 4.69) is 11.0 Å². The fourth-order valence-electron chi connectivity index (χ4n) is 5.85. The van der Waals surface area contributed by atoms with Crippen molar-refractivity contribution in [3.05, 3.63) is 77.6 Å². The summed E-state index contributed by atoms with van der Waals surface area (Å²) in [6.45, 7) is 5.08. The molecule has 0 aromatic heterocycles. The number of amides is 3. The molecule has 3 heterocycles. The Morgan fingerprint density at radius 3 is 2.55 bits per heavy atom. The number of piperidine rings is 1. The van der Waals surface area contributed by atoms with Gasteiger partial charge in [0.25, 0.3) is 0 Å².